The minimum absolute atomic E-state index is 0.00686. The zero-order valence-electron chi connectivity index (χ0n) is 22.1. The number of nitrogens with one attached hydrogen (secondary N) is 1. The Morgan fingerprint density at radius 3 is 2.02 bits per heavy atom. The molecule has 44 heavy (non-hydrogen) atoms. The first-order valence-electron chi connectivity index (χ1n) is 12.5. The molecule has 0 saturated heterocycles. The van der Waals surface area contributed by atoms with Gasteiger partial charge < -0.3 is 10.4 Å². The van der Waals surface area contributed by atoms with Gasteiger partial charge in [-0.15, -0.1) is 0 Å². The summed E-state index contributed by atoms with van der Waals surface area (Å²) in [5.41, 5.74) is -8.36. The Labute approximate surface area is 248 Å². The molecule has 6 nitrogen and oxygen atoms in total. The molecule has 3 aromatic carbocycles. The van der Waals surface area contributed by atoms with Crippen molar-refractivity contribution in [2.45, 2.75) is 41.8 Å². The van der Waals surface area contributed by atoms with E-state index in [2.05, 4.69) is 5.32 Å². The zero-order chi connectivity index (χ0) is 32.8. The molecule has 0 aliphatic carbocycles. The number of thioether (sulfide) groups is 1. The maximum Gasteiger partial charge on any atom is 0.446 e. The van der Waals surface area contributed by atoms with E-state index in [1.807, 2.05) is 0 Å². The first-order chi connectivity index (χ1) is 20.4. The number of ketones is 2. The molecular formula is C29H21F8NO5S. The number of alkyl halides is 8. The first-order valence-corrected chi connectivity index (χ1v) is 13.3. The van der Waals surface area contributed by atoms with Gasteiger partial charge in [0.1, 0.15) is 0 Å². The molecule has 0 fully saturated rings. The molecule has 0 bridgehead atoms. The SMILES string of the molecule is O=C(O)CCNC(=O)c1ccc(C(CC(=O)c2cccc(SC(F)(F)F)c2)C(=O)c2cc(C(F)F)cc(C(F)(F)F)c2)cc1. The number of aliphatic carboxylic acids is 1. The fourth-order valence-electron chi connectivity index (χ4n) is 4.07. The summed E-state index contributed by atoms with van der Waals surface area (Å²) < 4.78 is 106. The summed E-state index contributed by atoms with van der Waals surface area (Å²) in [6.07, 6.45) is -9.62. The van der Waals surface area contributed by atoms with Crippen molar-refractivity contribution in [3.05, 3.63) is 100 Å². The number of Topliss-reactive ketones (excluding diaryl/α,β-unsaturated/α-hetero) is 2. The lowest BCUT2D eigenvalue weighted by Crippen LogP contribution is -2.26. The summed E-state index contributed by atoms with van der Waals surface area (Å²) in [6.45, 7) is -0.209. The third-order valence-electron chi connectivity index (χ3n) is 6.11. The highest BCUT2D eigenvalue weighted by molar-refractivity contribution is 8.00. The van der Waals surface area contributed by atoms with Crippen LogP contribution in [0.2, 0.25) is 0 Å². The van der Waals surface area contributed by atoms with Gasteiger partial charge in [0.2, 0.25) is 0 Å². The van der Waals surface area contributed by atoms with Crippen molar-refractivity contribution < 1.29 is 59.4 Å². The van der Waals surface area contributed by atoms with Crippen LogP contribution < -0.4 is 5.32 Å². The maximum absolute atomic E-state index is 13.6. The van der Waals surface area contributed by atoms with Gasteiger partial charge in [-0.05, 0) is 59.8 Å². The molecule has 2 N–H and O–H groups in total. The molecule has 0 aromatic heterocycles. The smallest absolute Gasteiger partial charge is 0.446 e. The van der Waals surface area contributed by atoms with Gasteiger partial charge in [0, 0.05) is 40.1 Å². The van der Waals surface area contributed by atoms with E-state index in [9.17, 15) is 54.3 Å². The van der Waals surface area contributed by atoms with Crippen molar-refractivity contribution in [3.63, 3.8) is 0 Å². The van der Waals surface area contributed by atoms with Crippen LogP contribution in [0.15, 0.2) is 71.6 Å². The van der Waals surface area contributed by atoms with Gasteiger partial charge in [-0.3, -0.25) is 19.2 Å². The predicted octanol–water partition coefficient (Wildman–Crippen LogP) is 7.70. The quantitative estimate of drug-likeness (QED) is 0.119. The van der Waals surface area contributed by atoms with E-state index >= 15 is 0 Å². The van der Waals surface area contributed by atoms with E-state index < -0.39 is 82.3 Å². The Morgan fingerprint density at radius 2 is 1.45 bits per heavy atom. The van der Waals surface area contributed by atoms with Crippen molar-refractivity contribution in [2.75, 3.05) is 6.54 Å². The van der Waals surface area contributed by atoms with Gasteiger partial charge in [-0.25, -0.2) is 8.78 Å². The number of halogens is 8. The molecule has 3 rings (SSSR count). The van der Waals surface area contributed by atoms with E-state index in [1.54, 1.807) is 0 Å². The number of carbonyl (C=O) groups is 4. The van der Waals surface area contributed by atoms with Gasteiger partial charge in [0.25, 0.3) is 12.3 Å². The monoisotopic (exact) mass is 647 g/mol. The summed E-state index contributed by atoms with van der Waals surface area (Å²) in [7, 11) is 0. The number of hydrogen-bond acceptors (Lipinski definition) is 5. The van der Waals surface area contributed by atoms with Crippen LogP contribution in [0.1, 0.15) is 72.9 Å². The van der Waals surface area contributed by atoms with Crippen molar-refractivity contribution >= 4 is 35.2 Å². The molecule has 234 valence electrons. The Balaban J connectivity index is 2.02. The molecular weight excluding hydrogens is 626 g/mol. The van der Waals surface area contributed by atoms with E-state index in [-0.39, 0.29) is 40.6 Å². The highest BCUT2D eigenvalue weighted by atomic mass is 32.2. The lowest BCUT2D eigenvalue weighted by atomic mass is 9.84. The lowest BCUT2D eigenvalue weighted by molar-refractivity contribution is -0.138. The van der Waals surface area contributed by atoms with E-state index in [1.165, 1.54) is 30.3 Å². The maximum atomic E-state index is 13.6. The zero-order valence-corrected chi connectivity index (χ0v) is 23.0. The Bertz CT molecular complexity index is 1540. The highest BCUT2D eigenvalue weighted by Gasteiger charge is 2.35. The summed E-state index contributed by atoms with van der Waals surface area (Å²) in [5.74, 6) is -5.50. The van der Waals surface area contributed by atoms with Crippen molar-refractivity contribution in [1.29, 1.82) is 0 Å². The molecule has 0 aliphatic heterocycles. The van der Waals surface area contributed by atoms with E-state index in [0.29, 0.717) is 12.1 Å². The lowest BCUT2D eigenvalue weighted by Gasteiger charge is -2.19. The summed E-state index contributed by atoms with van der Waals surface area (Å²) in [6, 6.07) is 10.2. The Hall–Kier alpha value is -4.27. The average Bonchev–Trinajstić information content (AvgIpc) is 2.93. The summed E-state index contributed by atoms with van der Waals surface area (Å²) >= 11 is -0.497. The normalized spacial score (nSPS) is 12.6. The number of amides is 1. The van der Waals surface area contributed by atoms with Crippen molar-refractivity contribution in [2.24, 2.45) is 0 Å². The van der Waals surface area contributed by atoms with Crippen LogP contribution in [-0.4, -0.2) is 40.6 Å². The van der Waals surface area contributed by atoms with Gasteiger partial charge in [0.05, 0.1) is 17.9 Å². The standard InChI is InChI=1S/C29H21F8NO5S/c30-26(31)19-10-18(11-20(12-19)28(32,33)34)25(42)22(14-23(39)17-2-1-3-21(13-17)44-29(35,36)37)15-4-6-16(7-5-15)27(43)38-9-8-24(40)41/h1-7,10-13,22,26H,8-9,14H2,(H,38,43)(H,40,41). The van der Waals surface area contributed by atoms with Crippen LogP contribution in [0.25, 0.3) is 0 Å². The van der Waals surface area contributed by atoms with Crippen molar-refractivity contribution in [3.8, 4) is 0 Å². The van der Waals surface area contributed by atoms with Gasteiger partial charge >= 0.3 is 17.7 Å². The van der Waals surface area contributed by atoms with E-state index in [0.717, 1.165) is 18.2 Å². The van der Waals surface area contributed by atoms with Crippen LogP contribution in [0.4, 0.5) is 35.1 Å². The van der Waals surface area contributed by atoms with Crippen LogP contribution in [0.3, 0.4) is 0 Å². The third-order valence-corrected chi connectivity index (χ3v) is 6.84. The fourth-order valence-corrected chi connectivity index (χ4v) is 4.67. The summed E-state index contributed by atoms with van der Waals surface area (Å²) in [5, 5.41) is 11.0. The minimum Gasteiger partial charge on any atom is -0.481 e. The molecule has 1 unspecified atom stereocenters. The average molecular weight is 648 g/mol. The second-order valence-corrected chi connectivity index (χ2v) is 10.4. The molecule has 1 amide bonds. The number of carboxylic acid groups (broad SMARTS) is 1. The fraction of sp³-hybridized carbons (Fsp3) is 0.241. The molecule has 3 aromatic rings. The summed E-state index contributed by atoms with van der Waals surface area (Å²) in [4.78, 5) is 49.4. The Morgan fingerprint density at radius 1 is 0.795 bits per heavy atom. The molecule has 15 heteroatoms. The predicted molar refractivity (Wildman–Crippen MR) is 142 cm³/mol. The third kappa shape index (κ3) is 9.62. The number of hydrogen-bond donors (Lipinski definition) is 2. The molecule has 1 atom stereocenters. The number of rotatable bonds is 12. The van der Waals surface area contributed by atoms with Crippen LogP contribution >= 0.6 is 11.8 Å². The number of benzene rings is 3. The number of carboxylic acids is 1. The molecule has 0 saturated carbocycles. The van der Waals surface area contributed by atoms with Crippen LogP contribution in [-0.2, 0) is 11.0 Å². The highest BCUT2D eigenvalue weighted by Crippen LogP contribution is 2.38. The number of carbonyl (C=O) groups excluding carboxylic acids is 3. The molecule has 0 radical (unpaired) electrons. The first kappa shape index (κ1) is 34.2. The Kier molecular flexibility index (Phi) is 10.9. The molecule has 0 spiro atoms. The van der Waals surface area contributed by atoms with Crippen LogP contribution in [0.5, 0.6) is 0 Å². The van der Waals surface area contributed by atoms with E-state index in [4.69, 9.17) is 5.11 Å². The van der Waals surface area contributed by atoms with Gasteiger partial charge in [-0.2, -0.15) is 26.3 Å². The molecule has 0 aliphatic rings. The topological polar surface area (TPSA) is 101 Å². The minimum atomic E-state index is -5.10. The van der Waals surface area contributed by atoms with Crippen LogP contribution in [0, 0.1) is 0 Å². The van der Waals surface area contributed by atoms with Gasteiger partial charge in [0.15, 0.2) is 11.6 Å². The van der Waals surface area contributed by atoms with Gasteiger partial charge in [-0.1, -0.05) is 24.3 Å². The largest absolute Gasteiger partial charge is 0.481 e. The second kappa shape index (κ2) is 14.0. The molecule has 0 heterocycles. The second-order valence-electron chi connectivity index (χ2n) is 9.28. The van der Waals surface area contributed by atoms with Crippen molar-refractivity contribution in [1.82, 2.24) is 5.32 Å².